The van der Waals surface area contributed by atoms with Crippen molar-refractivity contribution in [3.05, 3.63) is 87.1 Å². The summed E-state index contributed by atoms with van der Waals surface area (Å²) >= 11 is 18.4. The Balaban J connectivity index is 1.55. The molecular weight excluding hydrogens is 524 g/mol. The molecule has 3 aromatic carbocycles. The predicted molar refractivity (Wildman–Crippen MR) is 133 cm³/mol. The summed E-state index contributed by atoms with van der Waals surface area (Å²) < 4.78 is 42.5. The molecule has 0 radical (unpaired) electrons. The second kappa shape index (κ2) is 10.00. The van der Waals surface area contributed by atoms with Crippen LogP contribution in [-0.2, 0) is 10.0 Å². The summed E-state index contributed by atoms with van der Waals surface area (Å²) in [5.41, 5.74) is 0.729. The number of piperazine rings is 1. The highest BCUT2D eigenvalue weighted by Crippen LogP contribution is 2.31. The molecule has 3 aromatic rings. The van der Waals surface area contributed by atoms with Crippen LogP contribution in [0, 0.1) is 5.82 Å². The molecule has 6 nitrogen and oxygen atoms in total. The Hall–Kier alpha value is -2.52. The van der Waals surface area contributed by atoms with E-state index in [0.717, 1.165) is 0 Å². The molecule has 1 saturated heterocycles. The molecule has 0 unspecified atom stereocenters. The molecule has 0 spiro atoms. The number of sulfonamides is 1. The van der Waals surface area contributed by atoms with E-state index in [1.807, 2.05) is 4.90 Å². The number of rotatable bonds is 5. The smallest absolute Gasteiger partial charge is 0.263 e. The standard InChI is InChI=1S/C23H19Cl3FN3O3S/c24-15-4-3-5-16(12-15)28-34(32,33)22-13-17(18(25)14-19(22)26)23(31)30-10-8-29(9-11-30)21-7-2-1-6-20(21)27/h1-7,12-14,28H,8-11H2. The molecule has 1 aliphatic rings. The molecule has 1 heterocycles. The average molecular weight is 543 g/mol. The van der Waals surface area contributed by atoms with Gasteiger partial charge in [0.05, 0.1) is 27.0 Å². The van der Waals surface area contributed by atoms with Gasteiger partial charge in [0.2, 0.25) is 0 Å². The minimum absolute atomic E-state index is 0.0110. The van der Waals surface area contributed by atoms with Crippen LogP contribution in [0.25, 0.3) is 0 Å². The molecular formula is C23H19Cl3FN3O3S. The lowest BCUT2D eigenvalue weighted by atomic mass is 10.1. The number of para-hydroxylation sites is 1. The number of anilines is 2. The monoisotopic (exact) mass is 541 g/mol. The van der Waals surface area contributed by atoms with Crippen molar-refractivity contribution in [3.63, 3.8) is 0 Å². The number of amides is 1. The van der Waals surface area contributed by atoms with Gasteiger partial charge in [0.1, 0.15) is 10.7 Å². The predicted octanol–water partition coefficient (Wildman–Crippen LogP) is 5.55. The van der Waals surface area contributed by atoms with Crippen molar-refractivity contribution in [2.75, 3.05) is 35.8 Å². The minimum Gasteiger partial charge on any atom is -0.366 e. The number of nitrogens with zero attached hydrogens (tertiary/aromatic N) is 2. The quantitative estimate of drug-likeness (QED) is 0.459. The van der Waals surface area contributed by atoms with Crippen LogP contribution >= 0.6 is 34.8 Å². The second-order valence-corrected chi connectivity index (χ2v) is 10.5. The van der Waals surface area contributed by atoms with Crippen molar-refractivity contribution in [2.24, 2.45) is 0 Å². The van der Waals surface area contributed by atoms with Crippen LogP contribution < -0.4 is 9.62 Å². The highest BCUT2D eigenvalue weighted by atomic mass is 35.5. The Labute approximate surface area is 211 Å². The van der Waals surface area contributed by atoms with Gasteiger partial charge in [-0.1, -0.05) is 53.0 Å². The highest BCUT2D eigenvalue weighted by Gasteiger charge is 2.28. The minimum atomic E-state index is -4.13. The fraction of sp³-hybridized carbons (Fsp3) is 0.174. The van der Waals surface area contributed by atoms with Crippen LogP contribution in [0.5, 0.6) is 0 Å². The molecule has 1 amide bonds. The third kappa shape index (κ3) is 5.25. The lowest BCUT2D eigenvalue weighted by Crippen LogP contribution is -2.49. The van der Waals surface area contributed by atoms with Gasteiger partial charge in [-0.25, -0.2) is 12.8 Å². The van der Waals surface area contributed by atoms with Gasteiger partial charge < -0.3 is 9.80 Å². The first-order chi connectivity index (χ1) is 16.2. The maximum atomic E-state index is 14.1. The number of carbonyl (C=O) groups excluding carboxylic acids is 1. The molecule has 11 heteroatoms. The second-order valence-electron chi connectivity index (χ2n) is 7.61. The van der Waals surface area contributed by atoms with Gasteiger partial charge in [0.25, 0.3) is 15.9 Å². The average Bonchev–Trinajstić information content (AvgIpc) is 2.79. The van der Waals surface area contributed by atoms with Crippen LogP contribution in [0.2, 0.25) is 15.1 Å². The van der Waals surface area contributed by atoms with E-state index in [2.05, 4.69) is 4.72 Å². The Morgan fingerprint density at radius 3 is 2.26 bits per heavy atom. The first-order valence-electron chi connectivity index (χ1n) is 10.2. The van der Waals surface area contributed by atoms with E-state index in [1.165, 1.54) is 30.3 Å². The summed E-state index contributed by atoms with van der Waals surface area (Å²) in [7, 11) is -4.13. The maximum absolute atomic E-state index is 14.1. The molecule has 0 aromatic heterocycles. The first kappa shape index (κ1) is 24.6. The summed E-state index contributed by atoms with van der Waals surface area (Å²) in [4.78, 5) is 16.3. The molecule has 0 atom stereocenters. The van der Waals surface area contributed by atoms with Crippen LogP contribution in [0.4, 0.5) is 15.8 Å². The van der Waals surface area contributed by atoms with Crippen molar-refractivity contribution >= 4 is 62.1 Å². The third-order valence-corrected chi connectivity index (χ3v) is 7.77. The van der Waals surface area contributed by atoms with Crippen molar-refractivity contribution in [1.82, 2.24) is 4.90 Å². The summed E-state index contributed by atoms with van der Waals surface area (Å²) in [5.74, 6) is -0.765. The molecule has 1 aliphatic heterocycles. The molecule has 0 saturated carbocycles. The van der Waals surface area contributed by atoms with Crippen molar-refractivity contribution in [3.8, 4) is 0 Å². The summed E-state index contributed by atoms with van der Waals surface area (Å²) in [6.07, 6.45) is 0. The molecule has 1 N–H and O–H groups in total. The maximum Gasteiger partial charge on any atom is 0.263 e. The van der Waals surface area contributed by atoms with E-state index in [-0.39, 0.29) is 32.0 Å². The van der Waals surface area contributed by atoms with Gasteiger partial charge in [-0.05, 0) is 42.5 Å². The van der Waals surface area contributed by atoms with Gasteiger partial charge in [-0.15, -0.1) is 0 Å². The normalized spacial score (nSPS) is 14.2. The molecule has 0 aliphatic carbocycles. The van der Waals surface area contributed by atoms with Crippen LogP contribution in [0.15, 0.2) is 65.6 Å². The number of hydrogen-bond acceptors (Lipinski definition) is 4. The van der Waals surface area contributed by atoms with E-state index in [1.54, 1.807) is 35.2 Å². The van der Waals surface area contributed by atoms with E-state index in [0.29, 0.717) is 36.9 Å². The Morgan fingerprint density at radius 1 is 0.882 bits per heavy atom. The SMILES string of the molecule is O=C(c1cc(S(=O)(=O)Nc2cccc(Cl)c2)c(Cl)cc1Cl)N1CCN(c2ccccc2F)CC1. The molecule has 1 fully saturated rings. The lowest BCUT2D eigenvalue weighted by Gasteiger charge is -2.36. The molecule has 34 heavy (non-hydrogen) atoms. The molecule has 178 valence electrons. The van der Waals surface area contributed by atoms with Crippen LogP contribution in [0.3, 0.4) is 0 Å². The topological polar surface area (TPSA) is 69.7 Å². The summed E-state index contributed by atoms with van der Waals surface area (Å²) in [6.45, 7) is 1.46. The highest BCUT2D eigenvalue weighted by molar-refractivity contribution is 7.92. The van der Waals surface area contributed by atoms with E-state index >= 15 is 0 Å². The molecule has 4 rings (SSSR count). The number of nitrogens with one attached hydrogen (secondary N) is 1. The van der Waals surface area contributed by atoms with Gasteiger partial charge >= 0.3 is 0 Å². The van der Waals surface area contributed by atoms with Gasteiger partial charge in [-0.3, -0.25) is 9.52 Å². The Morgan fingerprint density at radius 2 is 1.59 bits per heavy atom. The number of halogens is 4. The zero-order valence-corrected chi connectivity index (χ0v) is 20.7. The largest absolute Gasteiger partial charge is 0.366 e. The van der Waals surface area contributed by atoms with Crippen LogP contribution in [0.1, 0.15) is 10.4 Å². The summed E-state index contributed by atoms with van der Waals surface area (Å²) in [6, 6.07) is 15.0. The Bertz CT molecular complexity index is 1350. The fourth-order valence-electron chi connectivity index (χ4n) is 3.69. The van der Waals surface area contributed by atoms with Crippen molar-refractivity contribution in [1.29, 1.82) is 0 Å². The van der Waals surface area contributed by atoms with Gasteiger partial charge in [-0.2, -0.15) is 0 Å². The van der Waals surface area contributed by atoms with E-state index in [4.69, 9.17) is 34.8 Å². The fourth-order valence-corrected chi connectivity index (χ4v) is 5.78. The van der Waals surface area contributed by atoms with Gasteiger partial charge in [0.15, 0.2) is 0 Å². The Kier molecular flexibility index (Phi) is 7.23. The van der Waals surface area contributed by atoms with E-state index < -0.39 is 15.9 Å². The number of hydrogen-bond donors (Lipinski definition) is 1. The first-order valence-corrected chi connectivity index (χ1v) is 12.8. The lowest BCUT2D eigenvalue weighted by molar-refractivity contribution is 0.0746. The van der Waals surface area contributed by atoms with Crippen molar-refractivity contribution in [2.45, 2.75) is 4.90 Å². The van der Waals surface area contributed by atoms with Crippen molar-refractivity contribution < 1.29 is 17.6 Å². The van der Waals surface area contributed by atoms with Crippen LogP contribution in [-0.4, -0.2) is 45.4 Å². The number of carbonyl (C=O) groups is 1. The molecule has 0 bridgehead atoms. The summed E-state index contributed by atoms with van der Waals surface area (Å²) in [5, 5.41) is 0.265. The third-order valence-electron chi connectivity index (χ3n) is 5.38. The number of benzene rings is 3. The van der Waals surface area contributed by atoms with Gasteiger partial charge in [0, 0.05) is 31.2 Å². The zero-order valence-electron chi connectivity index (χ0n) is 17.6. The zero-order chi connectivity index (χ0) is 24.5. The van der Waals surface area contributed by atoms with E-state index in [9.17, 15) is 17.6 Å².